The van der Waals surface area contributed by atoms with Gasteiger partial charge in [0, 0.05) is 18.0 Å². The molecule has 2 aromatic heterocycles. The Bertz CT molecular complexity index is 821. The predicted octanol–water partition coefficient (Wildman–Crippen LogP) is 3.00. The molecule has 0 radical (unpaired) electrons. The molecule has 0 saturated heterocycles. The molecule has 0 saturated carbocycles. The van der Waals surface area contributed by atoms with Crippen molar-refractivity contribution in [3.8, 4) is 11.4 Å². The van der Waals surface area contributed by atoms with Crippen LogP contribution in [0.25, 0.3) is 22.4 Å². The number of pyridine rings is 1. The first kappa shape index (κ1) is 13.7. The van der Waals surface area contributed by atoms with Crippen LogP contribution in [-0.4, -0.2) is 19.5 Å². The Labute approximate surface area is 128 Å². The molecule has 0 aliphatic carbocycles. The Balaban J connectivity index is 2.30. The molecule has 2 N–H and O–H groups in total. The summed E-state index contributed by atoms with van der Waals surface area (Å²) in [7, 11) is 0. The number of hydrogen-bond donors (Lipinski definition) is 1. The summed E-state index contributed by atoms with van der Waals surface area (Å²) in [6.07, 6.45) is 3.52. The van der Waals surface area contributed by atoms with Crippen molar-refractivity contribution in [1.29, 1.82) is 0 Å². The summed E-state index contributed by atoms with van der Waals surface area (Å²) in [5.74, 6) is 0.866. The van der Waals surface area contributed by atoms with Gasteiger partial charge in [0.15, 0.2) is 0 Å². The SMILES string of the molecule is Cc1cc2nc(-c3ccncc3)n(CC(N)=S)c2cc1C. The zero-order valence-electron chi connectivity index (χ0n) is 12.0. The highest BCUT2D eigenvalue weighted by Gasteiger charge is 2.14. The topological polar surface area (TPSA) is 56.7 Å². The van der Waals surface area contributed by atoms with Crippen molar-refractivity contribution in [2.45, 2.75) is 20.4 Å². The monoisotopic (exact) mass is 296 g/mol. The molecule has 0 spiro atoms. The molecule has 5 heteroatoms. The average Bonchev–Trinajstić information content (AvgIpc) is 2.78. The van der Waals surface area contributed by atoms with E-state index in [0.717, 1.165) is 22.4 Å². The Morgan fingerprint density at radius 2 is 1.86 bits per heavy atom. The highest BCUT2D eigenvalue weighted by Crippen LogP contribution is 2.26. The second-order valence-corrected chi connectivity index (χ2v) is 5.67. The lowest BCUT2D eigenvalue weighted by atomic mass is 10.1. The lowest BCUT2D eigenvalue weighted by Crippen LogP contribution is -2.17. The van der Waals surface area contributed by atoms with E-state index < -0.39 is 0 Å². The van der Waals surface area contributed by atoms with E-state index >= 15 is 0 Å². The fraction of sp³-hybridized carbons (Fsp3) is 0.188. The maximum Gasteiger partial charge on any atom is 0.141 e. The van der Waals surface area contributed by atoms with Gasteiger partial charge < -0.3 is 10.3 Å². The summed E-state index contributed by atoms with van der Waals surface area (Å²) in [4.78, 5) is 9.26. The standard InChI is InChI=1S/C16H16N4S/c1-10-7-13-14(8-11(10)2)20(9-15(17)21)16(19-13)12-3-5-18-6-4-12/h3-8H,9H2,1-2H3,(H2,17,21). The Morgan fingerprint density at radius 3 is 2.52 bits per heavy atom. The van der Waals surface area contributed by atoms with Crippen LogP contribution in [0.3, 0.4) is 0 Å². The summed E-state index contributed by atoms with van der Waals surface area (Å²) in [5, 5.41) is 0. The van der Waals surface area contributed by atoms with Gasteiger partial charge in [0.25, 0.3) is 0 Å². The van der Waals surface area contributed by atoms with Gasteiger partial charge >= 0.3 is 0 Å². The van der Waals surface area contributed by atoms with E-state index in [1.807, 2.05) is 12.1 Å². The summed E-state index contributed by atoms with van der Waals surface area (Å²) >= 11 is 5.09. The van der Waals surface area contributed by atoms with Gasteiger partial charge in [-0.05, 0) is 49.2 Å². The van der Waals surface area contributed by atoms with Crippen LogP contribution in [0.5, 0.6) is 0 Å². The summed E-state index contributed by atoms with van der Waals surface area (Å²) < 4.78 is 2.07. The quantitative estimate of drug-likeness (QED) is 0.755. The van der Waals surface area contributed by atoms with Crippen molar-refractivity contribution < 1.29 is 0 Å². The second kappa shape index (κ2) is 5.26. The van der Waals surface area contributed by atoms with Crippen LogP contribution < -0.4 is 5.73 Å². The lowest BCUT2D eigenvalue weighted by molar-refractivity contribution is 0.894. The number of nitrogens with two attached hydrogens (primary N) is 1. The number of rotatable bonds is 3. The molecule has 0 amide bonds. The molecule has 2 heterocycles. The first-order valence-corrected chi connectivity index (χ1v) is 7.13. The highest BCUT2D eigenvalue weighted by molar-refractivity contribution is 7.80. The number of aryl methyl sites for hydroxylation is 2. The van der Waals surface area contributed by atoms with Crippen molar-refractivity contribution in [1.82, 2.24) is 14.5 Å². The highest BCUT2D eigenvalue weighted by atomic mass is 32.1. The van der Waals surface area contributed by atoms with Crippen LogP contribution >= 0.6 is 12.2 Å². The number of nitrogens with zero attached hydrogens (tertiary/aromatic N) is 3. The maximum atomic E-state index is 5.76. The lowest BCUT2D eigenvalue weighted by Gasteiger charge is -2.08. The molecule has 0 unspecified atom stereocenters. The Morgan fingerprint density at radius 1 is 1.19 bits per heavy atom. The maximum absolute atomic E-state index is 5.76. The molecule has 0 bridgehead atoms. The minimum atomic E-state index is 0.447. The molecular weight excluding hydrogens is 280 g/mol. The Hall–Kier alpha value is -2.27. The molecule has 1 aromatic carbocycles. The summed E-state index contributed by atoms with van der Waals surface area (Å²) in [6.45, 7) is 4.67. The average molecular weight is 296 g/mol. The van der Waals surface area contributed by atoms with Crippen molar-refractivity contribution in [3.63, 3.8) is 0 Å². The fourth-order valence-corrected chi connectivity index (χ4v) is 2.55. The Kier molecular flexibility index (Phi) is 3.43. The van der Waals surface area contributed by atoms with Gasteiger partial charge in [-0.15, -0.1) is 0 Å². The largest absolute Gasteiger partial charge is 0.392 e. The molecule has 0 aliphatic heterocycles. The van der Waals surface area contributed by atoms with Crippen LogP contribution in [0.15, 0.2) is 36.7 Å². The molecule has 106 valence electrons. The van der Waals surface area contributed by atoms with Crippen LogP contribution in [0, 0.1) is 13.8 Å². The number of aromatic nitrogens is 3. The van der Waals surface area contributed by atoms with Gasteiger partial charge in [-0.3, -0.25) is 4.98 Å². The van der Waals surface area contributed by atoms with Gasteiger partial charge in [0.05, 0.1) is 22.6 Å². The van der Waals surface area contributed by atoms with Crippen molar-refractivity contribution >= 4 is 28.2 Å². The first-order valence-electron chi connectivity index (χ1n) is 6.72. The van der Waals surface area contributed by atoms with Crippen LogP contribution in [0.4, 0.5) is 0 Å². The minimum Gasteiger partial charge on any atom is -0.392 e. The van der Waals surface area contributed by atoms with Crippen molar-refractivity contribution in [2.75, 3.05) is 0 Å². The number of hydrogen-bond acceptors (Lipinski definition) is 3. The molecule has 3 rings (SSSR count). The predicted molar refractivity (Wildman–Crippen MR) is 89.2 cm³/mol. The van der Waals surface area contributed by atoms with E-state index in [9.17, 15) is 0 Å². The van der Waals surface area contributed by atoms with E-state index in [1.165, 1.54) is 11.1 Å². The zero-order chi connectivity index (χ0) is 15.0. The third-order valence-corrected chi connectivity index (χ3v) is 3.75. The first-order chi connectivity index (χ1) is 10.1. The normalized spacial score (nSPS) is 11.0. The summed E-state index contributed by atoms with van der Waals surface area (Å²) in [6, 6.07) is 8.13. The van der Waals surface area contributed by atoms with E-state index in [-0.39, 0.29) is 0 Å². The van der Waals surface area contributed by atoms with E-state index in [4.69, 9.17) is 22.9 Å². The van der Waals surface area contributed by atoms with Crippen LogP contribution in [0.1, 0.15) is 11.1 Å². The third kappa shape index (κ3) is 2.52. The number of imidazole rings is 1. The number of benzene rings is 1. The third-order valence-electron chi connectivity index (χ3n) is 3.62. The van der Waals surface area contributed by atoms with Gasteiger partial charge in [-0.25, -0.2) is 4.98 Å². The smallest absolute Gasteiger partial charge is 0.141 e. The molecule has 4 nitrogen and oxygen atoms in total. The molecule has 21 heavy (non-hydrogen) atoms. The van der Waals surface area contributed by atoms with Gasteiger partial charge in [0.1, 0.15) is 5.82 Å². The van der Waals surface area contributed by atoms with Crippen molar-refractivity contribution in [2.24, 2.45) is 5.73 Å². The van der Waals surface area contributed by atoms with E-state index in [2.05, 4.69) is 35.5 Å². The van der Waals surface area contributed by atoms with E-state index in [1.54, 1.807) is 12.4 Å². The summed E-state index contributed by atoms with van der Waals surface area (Å²) in [5.41, 5.74) is 11.2. The molecule has 0 atom stereocenters. The van der Waals surface area contributed by atoms with Gasteiger partial charge in [-0.2, -0.15) is 0 Å². The zero-order valence-corrected chi connectivity index (χ0v) is 12.8. The molecule has 3 aromatic rings. The molecule has 0 aliphatic rings. The molecule has 0 fully saturated rings. The number of thiocarbonyl (C=S) groups is 1. The van der Waals surface area contributed by atoms with Gasteiger partial charge in [-0.1, -0.05) is 12.2 Å². The number of fused-ring (bicyclic) bond motifs is 1. The van der Waals surface area contributed by atoms with Gasteiger partial charge in [0.2, 0.25) is 0 Å². The van der Waals surface area contributed by atoms with Crippen LogP contribution in [-0.2, 0) is 6.54 Å². The van der Waals surface area contributed by atoms with Crippen LogP contribution in [0.2, 0.25) is 0 Å². The van der Waals surface area contributed by atoms with E-state index in [0.29, 0.717) is 11.5 Å². The van der Waals surface area contributed by atoms with Crippen molar-refractivity contribution in [3.05, 3.63) is 47.8 Å². The molecular formula is C16H16N4S. The minimum absolute atomic E-state index is 0.447. The fourth-order valence-electron chi connectivity index (χ4n) is 2.42. The second-order valence-electron chi connectivity index (χ2n) is 5.15.